The first-order chi connectivity index (χ1) is 13.1. The fraction of sp³-hybridized carbons (Fsp3) is 0.273. The molecule has 3 rings (SSSR count). The molecule has 5 heteroatoms. The number of anilines is 1. The van der Waals surface area contributed by atoms with Crippen LogP contribution in [0.2, 0.25) is 0 Å². The van der Waals surface area contributed by atoms with E-state index in [1.54, 1.807) is 7.11 Å². The zero-order chi connectivity index (χ0) is 19.2. The first kappa shape index (κ1) is 18.7. The maximum Gasteiger partial charge on any atom is 0.280 e. The third-order valence-corrected chi connectivity index (χ3v) is 4.32. The van der Waals surface area contributed by atoms with E-state index in [0.717, 1.165) is 24.1 Å². The van der Waals surface area contributed by atoms with Crippen molar-refractivity contribution in [3.8, 4) is 11.5 Å². The van der Waals surface area contributed by atoms with Gasteiger partial charge in [-0.3, -0.25) is 4.79 Å². The molecule has 0 spiro atoms. The zero-order valence-corrected chi connectivity index (χ0v) is 15.9. The summed E-state index contributed by atoms with van der Waals surface area (Å²) in [7, 11) is 1.61. The van der Waals surface area contributed by atoms with Crippen LogP contribution in [0.4, 0.5) is 5.69 Å². The topological polar surface area (TPSA) is 51.1 Å². The van der Waals surface area contributed by atoms with Crippen LogP contribution in [-0.2, 0) is 4.79 Å². The molecule has 0 N–H and O–H groups in total. The second-order valence-corrected chi connectivity index (χ2v) is 6.31. The lowest BCUT2D eigenvalue weighted by atomic mass is 10.1. The highest BCUT2D eigenvalue weighted by atomic mass is 16.5. The number of unbranched alkanes of at least 4 members (excludes halogenated alkanes) is 1. The van der Waals surface area contributed by atoms with Crippen LogP contribution in [-0.4, -0.2) is 25.3 Å². The molecule has 0 unspecified atom stereocenters. The summed E-state index contributed by atoms with van der Waals surface area (Å²) in [5, 5.41) is 5.83. The number of hydrazone groups is 1. The van der Waals surface area contributed by atoms with Gasteiger partial charge in [0.2, 0.25) is 0 Å². The maximum atomic E-state index is 12.8. The Bertz CT molecular complexity index is 872. The largest absolute Gasteiger partial charge is 0.493 e. The summed E-state index contributed by atoms with van der Waals surface area (Å²) in [5.74, 6) is 1.23. The average molecular weight is 364 g/mol. The van der Waals surface area contributed by atoms with E-state index in [9.17, 15) is 4.79 Å². The van der Waals surface area contributed by atoms with Crippen LogP contribution in [0.1, 0.15) is 32.3 Å². The van der Waals surface area contributed by atoms with Crippen molar-refractivity contribution >= 4 is 23.4 Å². The number of carbonyl (C=O) groups is 1. The summed E-state index contributed by atoms with van der Waals surface area (Å²) in [5.41, 5.74) is 2.87. The molecule has 1 aliphatic heterocycles. The highest BCUT2D eigenvalue weighted by Crippen LogP contribution is 2.30. The standard InChI is InChI=1S/C22H24N2O3/c1-4-5-13-27-20-12-11-17(15-21(20)26-3)14-19-16(2)23-24(22(19)25)18-9-7-6-8-10-18/h6-12,14-15H,4-5,13H2,1-3H3/b19-14-. The van der Waals surface area contributed by atoms with Gasteiger partial charge in [-0.1, -0.05) is 37.6 Å². The summed E-state index contributed by atoms with van der Waals surface area (Å²) in [6.07, 6.45) is 3.90. The molecular weight excluding hydrogens is 340 g/mol. The van der Waals surface area contributed by atoms with Crippen LogP contribution in [0.3, 0.4) is 0 Å². The fourth-order valence-electron chi connectivity index (χ4n) is 2.81. The molecule has 2 aromatic rings. The molecule has 0 bridgehead atoms. The van der Waals surface area contributed by atoms with Crippen LogP contribution in [0.5, 0.6) is 11.5 Å². The molecular formula is C22H24N2O3. The number of carbonyl (C=O) groups excluding carboxylic acids is 1. The number of methoxy groups -OCH3 is 1. The van der Waals surface area contributed by atoms with Gasteiger partial charge in [-0.2, -0.15) is 10.1 Å². The summed E-state index contributed by atoms with van der Waals surface area (Å²) in [4.78, 5) is 12.8. The highest BCUT2D eigenvalue weighted by Gasteiger charge is 2.28. The van der Waals surface area contributed by atoms with Crippen molar-refractivity contribution in [2.75, 3.05) is 18.7 Å². The van der Waals surface area contributed by atoms with E-state index >= 15 is 0 Å². The van der Waals surface area contributed by atoms with E-state index in [4.69, 9.17) is 9.47 Å². The maximum absolute atomic E-state index is 12.8. The fourth-order valence-corrected chi connectivity index (χ4v) is 2.81. The molecule has 0 fully saturated rings. The number of benzene rings is 2. The first-order valence-electron chi connectivity index (χ1n) is 9.11. The summed E-state index contributed by atoms with van der Waals surface area (Å²) >= 11 is 0. The average Bonchev–Trinajstić information content (AvgIpc) is 2.98. The molecule has 1 heterocycles. The molecule has 0 aliphatic carbocycles. The van der Waals surface area contributed by atoms with Crippen molar-refractivity contribution in [3.63, 3.8) is 0 Å². The number of amides is 1. The van der Waals surface area contributed by atoms with Gasteiger partial charge in [-0.05, 0) is 49.2 Å². The summed E-state index contributed by atoms with van der Waals surface area (Å²) in [6.45, 7) is 4.62. The molecule has 140 valence electrons. The van der Waals surface area contributed by atoms with Crippen LogP contribution in [0.25, 0.3) is 6.08 Å². The van der Waals surface area contributed by atoms with Crippen LogP contribution in [0, 0.1) is 0 Å². The molecule has 0 saturated carbocycles. The van der Waals surface area contributed by atoms with Crippen molar-refractivity contribution in [1.82, 2.24) is 0 Å². The Labute approximate surface area is 159 Å². The Kier molecular flexibility index (Phi) is 5.91. The van der Waals surface area contributed by atoms with E-state index in [0.29, 0.717) is 29.4 Å². The van der Waals surface area contributed by atoms with E-state index in [-0.39, 0.29) is 5.91 Å². The quantitative estimate of drug-likeness (QED) is 0.529. The molecule has 0 radical (unpaired) electrons. The van der Waals surface area contributed by atoms with Gasteiger partial charge in [-0.25, -0.2) is 0 Å². The van der Waals surface area contributed by atoms with Gasteiger partial charge in [0.1, 0.15) is 0 Å². The Morgan fingerprint density at radius 3 is 2.59 bits per heavy atom. The van der Waals surface area contributed by atoms with E-state index in [2.05, 4.69) is 12.0 Å². The third kappa shape index (κ3) is 4.19. The third-order valence-electron chi connectivity index (χ3n) is 4.32. The van der Waals surface area contributed by atoms with Crippen LogP contribution in [0.15, 0.2) is 59.2 Å². The number of ether oxygens (including phenoxy) is 2. The van der Waals surface area contributed by atoms with Gasteiger partial charge in [-0.15, -0.1) is 0 Å². The predicted octanol–water partition coefficient (Wildman–Crippen LogP) is 4.68. The summed E-state index contributed by atoms with van der Waals surface area (Å²) < 4.78 is 11.2. The lowest BCUT2D eigenvalue weighted by molar-refractivity contribution is -0.114. The molecule has 1 amide bonds. The van der Waals surface area contributed by atoms with Crippen molar-refractivity contribution in [3.05, 3.63) is 59.7 Å². The Hall–Kier alpha value is -3.08. The molecule has 0 aromatic heterocycles. The number of nitrogens with zero attached hydrogens (tertiary/aromatic N) is 2. The number of hydrogen-bond acceptors (Lipinski definition) is 4. The molecule has 27 heavy (non-hydrogen) atoms. The van der Waals surface area contributed by atoms with Gasteiger partial charge in [0.05, 0.1) is 30.7 Å². The molecule has 0 atom stereocenters. The summed E-state index contributed by atoms with van der Waals surface area (Å²) in [6, 6.07) is 15.1. The smallest absolute Gasteiger partial charge is 0.280 e. The van der Waals surface area contributed by atoms with Gasteiger partial charge >= 0.3 is 0 Å². The zero-order valence-electron chi connectivity index (χ0n) is 15.9. The monoisotopic (exact) mass is 364 g/mol. The second-order valence-electron chi connectivity index (χ2n) is 6.31. The molecule has 5 nitrogen and oxygen atoms in total. The van der Waals surface area contributed by atoms with Gasteiger partial charge < -0.3 is 9.47 Å². The Morgan fingerprint density at radius 1 is 1.11 bits per heavy atom. The predicted molar refractivity (Wildman–Crippen MR) is 108 cm³/mol. The van der Waals surface area contributed by atoms with E-state index in [1.807, 2.05) is 61.5 Å². The minimum Gasteiger partial charge on any atom is -0.493 e. The van der Waals surface area contributed by atoms with Crippen LogP contribution < -0.4 is 14.5 Å². The number of para-hydroxylation sites is 1. The van der Waals surface area contributed by atoms with Crippen molar-refractivity contribution < 1.29 is 14.3 Å². The first-order valence-corrected chi connectivity index (χ1v) is 9.11. The lowest BCUT2D eigenvalue weighted by Crippen LogP contribution is -2.21. The van der Waals surface area contributed by atoms with Gasteiger partial charge in [0.15, 0.2) is 11.5 Å². The van der Waals surface area contributed by atoms with E-state index < -0.39 is 0 Å². The Morgan fingerprint density at radius 2 is 1.89 bits per heavy atom. The van der Waals surface area contributed by atoms with Crippen LogP contribution >= 0.6 is 0 Å². The highest BCUT2D eigenvalue weighted by molar-refractivity contribution is 6.32. The van der Waals surface area contributed by atoms with Crippen molar-refractivity contribution in [1.29, 1.82) is 0 Å². The second kappa shape index (κ2) is 8.54. The SMILES string of the molecule is CCCCOc1ccc(/C=C2\C(=O)N(c3ccccc3)N=C2C)cc1OC. The van der Waals surface area contributed by atoms with Gasteiger partial charge in [0, 0.05) is 0 Å². The Balaban J connectivity index is 1.84. The minimum absolute atomic E-state index is 0.138. The molecule has 0 saturated heterocycles. The molecule has 2 aromatic carbocycles. The number of hydrogen-bond donors (Lipinski definition) is 0. The van der Waals surface area contributed by atoms with Crippen molar-refractivity contribution in [2.45, 2.75) is 26.7 Å². The van der Waals surface area contributed by atoms with E-state index in [1.165, 1.54) is 5.01 Å². The normalized spacial score (nSPS) is 15.2. The van der Waals surface area contributed by atoms with Crippen molar-refractivity contribution in [2.24, 2.45) is 5.10 Å². The lowest BCUT2D eigenvalue weighted by Gasteiger charge is -2.12. The number of rotatable bonds is 7. The molecule has 1 aliphatic rings. The van der Waals surface area contributed by atoms with Gasteiger partial charge in [0.25, 0.3) is 5.91 Å². The minimum atomic E-state index is -0.138.